The standard InChI is InChI=1S/C37H49N7O8/c1-36(2,3)52-35(49)42-37(4,5)34(48)40-28(23-51-22-26-11-8-7-9-12-26)32(46)41-30-20-43(24-39-30)21-31(45)44-18-10-13-29(44)33(47)38-19-25-14-16-27(50-6)17-15-25/h7-9,11-12,14-17,20,24,28-29H,10,13,18-19,21-23H2,1-6H3,(H,38,47)(H,40,48)(H,41,46)(H,42,49)/t28-,29+/m1/s1. The molecule has 0 radical (unpaired) electrons. The molecular weight excluding hydrogens is 670 g/mol. The molecule has 0 spiro atoms. The predicted molar refractivity (Wildman–Crippen MR) is 192 cm³/mol. The minimum absolute atomic E-state index is 0.101. The molecule has 2 heterocycles. The van der Waals surface area contributed by atoms with Crippen LogP contribution in [-0.2, 0) is 48.3 Å². The zero-order chi connectivity index (χ0) is 37.9. The van der Waals surface area contributed by atoms with Crippen molar-refractivity contribution in [3.05, 3.63) is 78.2 Å². The smallest absolute Gasteiger partial charge is 0.408 e. The van der Waals surface area contributed by atoms with Gasteiger partial charge in [0.05, 0.1) is 26.7 Å². The molecule has 2 atom stereocenters. The van der Waals surface area contributed by atoms with Crippen LogP contribution >= 0.6 is 0 Å². The lowest BCUT2D eigenvalue weighted by atomic mass is 10.0. The van der Waals surface area contributed by atoms with Crippen molar-refractivity contribution >= 4 is 35.5 Å². The zero-order valence-electron chi connectivity index (χ0n) is 30.6. The summed E-state index contributed by atoms with van der Waals surface area (Å²) in [6.45, 7) is 8.75. The van der Waals surface area contributed by atoms with E-state index < -0.39 is 41.1 Å². The largest absolute Gasteiger partial charge is 0.497 e. The number of aromatic nitrogens is 2. The first-order valence-electron chi connectivity index (χ1n) is 17.1. The van der Waals surface area contributed by atoms with Crippen LogP contribution in [0.25, 0.3) is 0 Å². The van der Waals surface area contributed by atoms with Gasteiger partial charge in [-0.3, -0.25) is 19.2 Å². The van der Waals surface area contributed by atoms with Gasteiger partial charge in [0.25, 0.3) is 5.91 Å². The van der Waals surface area contributed by atoms with Crippen LogP contribution in [0.2, 0.25) is 0 Å². The van der Waals surface area contributed by atoms with Crippen molar-refractivity contribution in [2.24, 2.45) is 0 Å². The monoisotopic (exact) mass is 719 g/mol. The third kappa shape index (κ3) is 11.8. The third-order valence-electron chi connectivity index (χ3n) is 8.10. The highest BCUT2D eigenvalue weighted by Crippen LogP contribution is 2.19. The van der Waals surface area contributed by atoms with Crippen molar-refractivity contribution in [2.45, 2.75) is 90.4 Å². The summed E-state index contributed by atoms with van der Waals surface area (Å²) in [5, 5.41) is 10.8. The number of imidazole rings is 1. The highest BCUT2D eigenvalue weighted by Gasteiger charge is 2.36. The van der Waals surface area contributed by atoms with E-state index in [4.69, 9.17) is 14.2 Å². The number of carbonyl (C=O) groups excluding carboxylic acids is 5. The van der Waals surface area contributed by atoms with E-state index in [2.05, 4.69) is 26.3 Å². The van der Waals surface area contributed by atoms with Crippen LogP contribution < -0.4 is 26.0 Å². The number of anilines is 1. The quantitative estimate of drug-likeness (QED) is 0.183. The number of carbonyl (C=O) groups is 5. The fourth-order valence-corrected chi connectivity index (χ4v) is 5.37. The number of methoxy groups -OCH3 is 1. The van der Waals surface area contributed by atoms with Crippen molar-refractivity contribution in [3.8, 4) is 5.75 Å². The average Bonchev–Trinajstić information content (AvgIpc) is 3.76. The van der Waals surface area contributed by atoms with Gasteiger partial charge in [0, 0.05) is 19.3 Å². The predicted octanol–water partition coefficient (Wildman–Crippen LogP) is 3.14. The number of likely N-dealkylation sites (tertiary alicyclic amines) is 1. The maximum Gasteiger partial charge on any atom is 0.408 e. The van der Waals surface area contributed by atoms with Gasteiger partial charge < -0.3 is 44.9 Å². The summed E-state index contributed by atoms with van der Waals surface area (Å²) in [4.78, 5) is 71.3. The van der Waals surface area contributed by atoms with E-state index in [1.165, 1.54) is 30.9 Å². The lowest BCUT2D eigenvalue weighted by Crippen LogP contribution is -2.59. The maximum absolute atomic E-state index is 13.5. The molecule has 1 aromatic heterocycles. The third-order valence-corrected chi connectivity index (χ3v) is 8.10. The van der Waals surface area contributed by atoms with E-state index in [0.29, 0.717) is 25.9 Å². The highest BCUT2D eigenvalue weighted by atomic mass is 16.6. The average molecular weight is 720 g/mol. The summed E-state index contributed by atoms with van der Waals surface area (Å²) in [7, 11) is 1.59. The summed E-state index contributed by atoms with van der Waals surface area (Å²) in [6.07, 6.45) is 3.34. The van der Waals surface area contributed by atoms with Crippen LogP contribution in [0.1, 0.15) is 58.6 Å². The van der Waals surface area contributed by atoms with Gasteiger partial charge in [-0.05, 0) is 70.7 Å². The molecule has 3 aromatic rings. The summed E-state index contributed by atoms with van der Waals surface area (Å²) in [6, 6.07) is 14.9. The molecule has 0 bridgehead atoms. The Hall–Kier alpha value is -5.44. The lowest BCUT2D eigenvalue weighted by molar-refractivity contribution is -0.139. The van der Waals surface area contributed by atoms with Crippen LogP contribution in [0.15, 0.2) is 67.1 Å². The van der Waals surface area contributed by atoms with Crippen molar-refractivity contribution in [3.63, 3.8) is 0 Å². The maximum atomic E-state index is 13.5. The van der Waals surface area contributed by atoms with E-state index in [1.807, 2.05) is 54.6 Å². The second-order valence-electron chi connectivity index (χ2n) is 14.0. The van der Waals surface area contributed by atoms with E-state index in [9.17, 15) is 24.0 Å². The number of nitrogens with one attached hydrogen (secondary N) is 4. The first-order chi connectivity index (χ1) is 24.6. The SMILES string of the molecule is COc1ccc(CNC(=O)[C@@H]2CCCN2C(=O)Cn2cnc(NC(=O)[C@@H](COCc3ccccc3)NC(=O)C(C)(C)NC(=O)OC(C)(C)C)c2)cc1. The molecule has 280 valence electrons. The first-order valence-corrected chi connectivity index (χ1v) is 17.1. The Kier molecular flexibility index (Phi) is 13.4. The Bertz CT molecular complexity index is 1690. The molecule has 52 heavy (non-hydrogen) atoms. The Morgan fingerprint density at radius 2 is 1.67 bits per heavy atom. The van der Waals surface area contributed by atoms with Gasteiger partial charge in [-0.15, -0.1) is 0 Å². The number of ether oxygens (including phenoxy) is 3. The molecule has 0 saturated carbocycles. The number of rotatable bonds is 15. The molecule has 1 saturated heterocycles. The Morgan fingerprint density at radius 1 is 0.962 bits per heavy atom. The minimum Gasteiger partial charge on any atom is -0.497 e. The van der Waals surface area contributed by atoms with Crippen molar-refractivity contribution < 1.29 is 38.2 Å². The molecule has 15 heteroatoms. The molecule has 15 nitrogen and oxygen atoms in total. The molecule has 0 aliphatic carbocycles. The van der Waals surface area contributed by atoms with Gasteiger partial charge in [-0.2, -0.15) is 0 Å². The van der Waals surface area contributed by atoms with E-state index in [0.717, 1.165) is 16.9 Å². The molecule has 2 aromatic carbocycles. The number of alkyl carbamates (subject to hydrolysis) is 1. The Balaban J connectivity index is 1.35. The first kappa shape index (κ1) is 39.3. The fourth-order valence-electron chi connectivity index (χ4n) is 5.37. The van der Waals surface area contributed by atoms with Crippen LogP contribution in [-0.4, -0.2) is 87.7 Å². The highest BCUT2D eigenvalue weighted by molar-refractivity contribution is 5.98. The van der Waals surface area contributed by atoms with Gasteiger partial charge in [0.1, 0.15) is 35.5 Å². The second kappa shape index (κ2) is 17.7. The molecule has 1 fully saturated rings. The number of nitrogens with zero attached hydrogens (tertiary/aromatic N) is 3. The van der Waals surface area contributed by atoms with E-state index in [1.54, 1.807) is 32.8 Å². The molecule has 1 aliphatic heterocycles. The van der Waals surface area contributed by atoms with Crippen molar-refractivity contribution in [1.29, 1.82) is 0 Å². The summed E-state index contributed by atoms with van der Waals surface area (Å²) < 4.78 is 17.8. The lowest BCUT2D eigenvalue weighted by Gasteiger charge is -2.29. The summed E-state index contributed by atoms with van der Waals surface area (Å²) in [5.74, 6) is -0.909. The number of hydrogen-bond acceptors (Lipinski definition) is 9. The van der Waals surface area contributed by atoms with Crippen molar-refractivity contribution in [2.75, 3.05) is 25.6 Å². The Labute approximate surface area is 303 Å². The van der Waals surface area contributed by atoms with Crippen LogP contribution in [0, 0.1) is 0 Å². The molecule has 1 aliphatic rings. The zero-order valence-corrected chi connectivity index (χ0v) is 30.6. The van der Waals surface area contributed by atoms with Crippen LogP contribution in [0.5, 0.6) is 5.75 Å². The summed E-state index contributed by atoms with van der Waals surface area (Å²) >= 11 is 0. The topological polar surface area (TPSA) is 182 Å². The fraction of sp³-hybridized carbons (Fsp3) is 0.459. The molecule has 4 rings (SSSR count). The Morgan fingerprint density at radius 3 is 2.35 bits per heavy atom. The summed E-state index contributed by atoms with van der Waals surface area (Å²) in [5.41, 5.74) is -0.439. The second-order valence-corrected chi connectivity index (χ2v) is 14.0. The van der Waals surface area contributed by atoms with E-state index >= 15 is 0 Å². The van der Waals surface area contributed by atoms with Gasteiger partial charge in [-0.1, -0.05) is 42.5 Å². The number of hydrogen-bond donors (Lipinski definition) is 4. The van der Waals surface area contributed by atoms with Crippen molar-refractivity contribution in [1.82, 2.24) is 30.4 Å². The van der Waals surface area contributed by atoms with Gasteiger partial charge in [0.15, 0.2) is 5.82 Å². The minimum atomic E-state index is -1.44. The number of benzene rings is 2. The van der Waals surface area contributed by atoms with E-state index in [-0.39, 0.29) is 37.4 Å². The van der Waals surface area contributed by atoms with Gasteiger partial charge >= 0.3 is 6.09 Å². The van der Waals surface area contributed by atoms with Gasteiger partial charge in [0.2, 0.25) is 17.7 Å². The molecule has 0 unspecified atom stereocenters. The van der Waals surface area contributed by atoms with Crippen LogP contribution in [0.4, 0.5) is 10.6 Å². The number of amides is 5. The molecular formula is C37H49N7O8. The van der Waals surface area contributed by atoms with Gasteiger partial charge in [-0.25, -0.2) is 9.78 Å². The van der Waals surface area contributed by atoms with Crippen LogP contribution in [0.3, 0.4) is 0 Å². The molecule has 5 amide bonds. The molecule has 4 N–H and O–H groups in total. The normalized spacial score (nSPS) is 15.0.